The molecule has 5 fully saturated rings. The average molecular weight is 1690 g/mol. The lowest BCUT2D eigenvalue weighted by Gasteiger charge is -2.44. The van der Waals surface area contributed by atoms with E-state index < -0.39 is 125 Å². The SMILES string of the molecule is CC1CCCC(C)N1[SiH2]N([SiH](C)C)[SiH](C)C.CCN(C)[SiH2]N([SiH](C)C)[SiH](C)C.CN(C)[SiH2]N([SiH](C)C)[SiH](C)C.CN1CCN([SiH2]N([SiH](C)C)[SiH](C)C)CC1.C[SiH](C)N([SiH2]N1CCCC1)[SiH](C)C.C[SiH](C)N([SiH2]N1CCCCC1)[SiH](C)C.C[SiH](C)N([SiH2]N1CCOCC1)[SiH](C)C. The van der Waals surface area contributed by atoms with E-state index in [-0.39, 0.29) is 68.9 Å². The molecule has 5 rings (SSSR count). The zero-order valence-corrected chi connectivity index (χ0v) is 97.2. The van der Waals surface area contributed by atoms with Gasteiger partial charge in [-0.1, -0.05) is 217 Å². The van der Waals surface area contributed by atoms with Gasteiger partial charge in [0.15, 0.2) is 68.9 Å². The number of ether oxygens (including phenoxy) is 1. The van der Waals surface area contributed by atoms with E-state index in [2.05, 4.69) is 296 Å². The highest BCUT2D eigenvalue weighted by atomic mass is 28.4. The summed E-state index contributed by atoms with van der Waals surface area (Å²) in [5, 5.41) is 0. The molecule has 5 aliphatic heterocycles. The van der Waals surface area contributed by atoms with Crippen molar-refractivity contribution in [3.63, 3.8) is 0 Å². The molecule has 5 saturated heterocycles. The molecule has 0 amide bonds. The van der Waals surface area contributed by atoms with E-state index in [1.54, 1.807) is 0 Å². The third-order valence-electron chi connectivity index (χ3n) is 20.2. The summed E-state index contributed by atoms with van der Waals surface area (Å²) in [6.07, 6.45) is 11.6. The average Bonchev–Trinajstić information content (AvgIpc) is 1.62. The molecule has 0 N–H and O–H groups in total. The van der Waals surface area contributed by atoms with Crippen LogP contribution in [0.15, 0.2) is 0 Å². The number of piperazine rings is 1. The van der Waals surface area contributed by atoms with E-state index >= 15 is 0 Å². The second-order valence-electron chi connectivity index (χ2n) is 33.5. The summed E-state index contributed by atoms with van der Waals surface area (Å²) >= 11 is 0. The lowest BCUT2D eigenvalue weighted by Crippen LogP contribution is -2.57. The molecule has 574 valence electrons. The first-order valence-corrected chi connectivity index (χ1v) is 88.2. The Morgan fingerprint density at radius 3 is 0.832 bits per heavy atom. The van der Waals surface area contributed by atoms with Gasteiger partial charge < -0.3 is 68.9 Å². The zero-order chi connectivity index (χ0) is 73.4. The summed E-state index contributed by atoms with van der Waals surface area (Å²) in [6, 6.07) is 1.72. The number of likely N-dealkylation sites (N-methyl/N-ethyl adjacent to an activating group) is 1. The van der Waals surface area contributed by atoms with Crippen molar-refractivity contribution < 1.29 is 4.74 Å². The molecule has 0 aromatic heterocycles. The fourth-order valence-electron chi connectivity index (χ4n) is 13.8. The van der Waals surface area contributed by atoms with E-state index in [1.165, 1.54) is 123 Å². The van der Waals surface area contributed by atoms with Crippen molar-refractivity contribution >= 4 is 194 Å². The number of hydrogen-bond acceptors (Lipinski definition) is 16. The Labute approximate surface area is 638 Å². The summed E-state index contributed by atoms with van der Waals surface area (Å²) in [6.45, 7) is 93.1. The van der Waals surface area contributed by atoms with Crippen LogP contribution in [-0.4, -0.2) is 384 Å². The van der Waals surface area contributed by atoms with Crippen LogP contribution in [0.5, 0.6) is 0 Å². The summed E-state index contributed by atoms with van der Waals surface area (Å²) in [5.41, 5.74) is 0. The van der Waals surface area contributed by atoms with Crippen LogP contribution < -0.4 is 0 Å². The molecule has 0 spiro atoms. The second-order valence-corrected chi connectivity index (χ2v) is 102. The molecule has 0 aromatic carbocycles. The van der Waals surface area contributed by atoms with E-state index in [0.29, 0.717) is 0 Å². The van der Waals surface area contributed by atoms with Crippen molar-refractivity contribution in [2.24, 2.45) is 0 Å². The Hall–Kier alpha value is 3.91. The molecule has 2 unspecified atom stereocenters. The van der Waals surface area contributed by atoms with Gasteiger partial charge in [0.25, 0.3) is 0 Å². The Kier molecular flexibility index (Phi) is 61.6. The van der Waals surface area contributed by atoms with Crippen LogP contribution in [0.1, 0.15) is 72.1 Å². The van der Waals surface area contributed by atoms with E-state index in [1.807, 2.05) is 0 Å². The van der Waals surface area contributed by atoms with Gasteiger partial charge in [-0.2, -0.15) is 0 Å². The van der Waals surface area contributed by atoms with Crippen LogP contribution in [0, 0.1) is 0 Å². The standard InChI is InChI=1S/C11H30N2Si3.C9H27N3Si3.C9H26N2Si3.C8H24N2OSi3.C8H24N2Si3.C7H24N2Si3.C6H22N2Si3/c1-10-8-7-9-11(2)12(10)14-13(15(3)4)16(5)6;1-10-6-8-11(9-7-10)13-12(14(2)3)15(4)5;1-13(2)11(14(3)4)12-10-8-6-5-7-9-10;1-13(2)10(14(3)4)12-9-5-7-11-8-6-9;1-12(2)10(13(3)4)11-9-7-5-6-8-9;1-7-8(2)10-9(11(3)4)12(5)6;1-7(2)9-8(10(3)4)11(5)6/h10-11,15-16H,7-9,14H2,1-6H3;14-15H,6-9,13H2,1-5H3;13-14H,5-9,12H2,1-4H3;13-14H,5-8,12H2,1-4H3;12-13H,5-8,11H2,1-4H3;11-12H,7,10H2,1-6H3;10-11H,9H2,1-6H3. The van der Waals surface area contributed by atoms with Crippen LogP contribution in [0.4, 0.5) is 0 Å². The molecule has 37 heteroatoms. The van der Waals surface area contributed by atoms with Gasteiger partial charge in [0, 0.05) is 51.4 Å². The molecule has 5 heterocycles. The third-order valence-corrected chi connectivity index (χ3v) is 111. The highest BCUT2D eigenvalue weighted by Gasteiger charge is 2.30. The van der Waals surface area contributed by atoms with Gasteiger partial charge in [-0.05, 0) is 99.4 Å². The van der Waals surface area contributed by atoms with Crippen LogP contribution in [0.2, 0.25) is 183 Å². The minimum Gasteiger partial charge on any atom is -0.379 e. The molecule has 0 aliphatic carbocycles. The summed E-state index contributed by atoms with van der Waals surface area (Å²) in [5.74, 6) is 0. The minimum atomic E-state index is -0.554. The lowest BCUT2D eigenvalue weighted by atomic mass is 10.0. The minimum absolute atomic E-state index is 0.00309. The van der Waals surface area contributed by atoms with Crippen LogP contribution in [0.3, 0.4) is 0 Å². The van der Waals surface area contributed by atoms with Crippen molar-refractivity contribution in [3.8, 4) is 0 Å². The second kappa shape index (κ2) is 58.0. The quantitative estimate of drug-likeness (QED) is 0.102. The predicted octanol–water partition coefficient (Wildman–Crippen LogP) is 1.72. The van der Waals surface area contributed by atoms with Crippen LogP contribution >= 0.6 is 0 Å². The maximum atomic E-state index is 5.39. The van der Waals surface area contributed by atoms with Crippen molar-refractivity contribution in [1.29, 1.82) is 0 Å². The zero-order valence-electron chi connectivity index (χ0n) is 71.2. The first kappa shape index (κ1) is 101. The predicted molar refractivity (Wildman–Crippen MR) is 501 cm³/mol. The molecule has 5 aliphatic rings. The summed E-state index contributed by atoms with van der Waals surface area (Å²) in [4.78, 5) is 2.45. The summed E-state index contributed by atoms with van der Waals surface area (Å²) < 4.78 is 45.0. The van der Waals surface area contributed by atoms with E-state index in [0.717, 1.165) is 25.3 Å². The maximum absolute atomic E-state index is 5.39. The number of nitrogens with zero attached hydrogens (tertiary/aromatic N) is 15. The van der Waals surface area contributed by atoms with Crippen LogP contribution in [-0.2, 0) is 4.74 Å². The first-order chi connectivity index (χ1) is 44.2. The first-order valence-electron chi connectivity index (χ1n) is 39.7. The smallest absolute Gasteiger partial charge is 0.159 e. The van der Waals surface area contributed by atoms with Crippen LogP contribution in [0.25, 0.3) is 0 Å². The molecule has 0 bridgehead atoms. The Bertz CT molecular complexity index is 1670. The monoisotopic (exact) mass is 1690 g/mol. The van der Waals surface area contributed by atoms with Crippen molar-refractivity contribution in [1.82, 2.24) is 64.1 Å². The van der Waals surface area contributed by atoms with Crippen molar-refractivity contribution in [2.45, 2.75) is 268 Å². The summed E-state index contributed by atoms with van der Waals surface area (Å²) in [7, 11) is 1.34. The molecule has 0 aromatic rings. The number of rotatable bonds is 29. The highest BCUT2D eigenvalue weighted by molar-refractivity contribution is 6.83. The van der Waals surface area contributed by atoms with E-state index in [4.69, 9.17) is 4.74 Å². The maximum Gasteiger partial charge on any atom is 0.159 e. The molecule has 0 saturated carbocycles. The van der Waals surface area contributed by atoms with Gasteiger partial charge in [0.05, 0.1) is 139 Å². The lowest BCUT2D eigenvalue weighted by molar-refractivity contribution is 0.0712. The fourth-order valence-corrected chi connectivity index (χ4v) is 82.9. The molecular weight excluding hydrogens is 1510 g/mol. The van der Waals surface area contributed by atoms with Gasteiger partial charge in [0.1, 0.15) is 0 Å². The molecule has 0 radical (unpaired) electrons. The largest absolute Gasteiger partial charge is 0.379 e. The normalized spacial score (nSPS) is 20.5. The van der Waals surface area contributed by atoms with E-state index in [9.17, 15) is 0 Å². The van der Waals surface area contributed by atoms with Crippen molar-refractivity contribution in [3.05, 3.63) is 0 Å². The van der Waals surface area contributed by atoms with Gasteiger partial charge >= 0.3 is 0 Å². The number of morpholine rings is 1. The molecule has 95 heavy (non-hydrogen) atoms. The molecular formula is C58H177N15OSi21. The topological polar surface area (TPSA) is 57.8 Å². The molecule has 16 nitrogen and oxygen atoms in total. The van der Waals surface area contributed by atoms with Gasteiger partial charge in [-0.15, -0.1) is 0 Å². The van der Waals surface area contributed by atoms with Crippen molar-refractivity contribution in [2.75, 3.05) is 113 Å². The Morgan fingerprint density at radius 1 is 0.316 bits per heavy atom. The number of piperidine rings is 2. The van der Waals surface area contributed by atoms with Gasteiger partial charge in [0.2, 0.25) is 0 Å². The highest BCUT2D eigenvalue weighted by Crippen LogP contribution is 2.22. The Balaban J connectivity index is 0. The number of hydrogen-bond donors (Lipinski definition) is 0. The fraction of sp³-hybridized carbons (Fsp3) is 1.00. The Morgan fingerprint density at radius 2 is 0.568 bits per heavy atom. The van der Waals surface area contributed by atoms with Gasteiger partial charge in [-0.3, -0.25) is 0 Å². The molecule has 2 atom stereocenters. The third kappa shape index (κ3) is 48.1. The van der Waals surface area contributed by atoms with Gasteiger partial charge in [-0.25, -0.2) is 0 Å².